The fourth-order valence-corrected chi connectivity index (χ4v) is 22.4. The molecule has 1 heterocycles. The number of hydrogen-bond acceptors (Lipinski definition) is 1. The van der Waals surface area contributed by atoms with E-state index < -0.39 is 16.5 Å². The van der Waals surface area contributed by atoms with Crippen molar-refractivity contribution in [3.8, 4) is 0 Å². The molecule has 1 fully saturated rings. The highest BCUT2D eigenvalue weighted by Crippen LogP contribution is 2.47. The molecular weight excluding hydrogens is 262 g/mol. The lowest BCUT2D eigenvalue weighted by molar-refractivity contribution is 0.644. The van der Waals surface area contributed by atoms with Gasteiger partial charge in [-0.3, -0.25) is 0 Å². The van der Waals surface area contributed by atoms with Gasteiger partial charge in [-0.1, -0.05) is 53.4 Å². The molecule has 1 saturated heterocycles. The Bertz CT molecular complexity index is 219. The SMILES string of the molecule is [CH2]CN1[Si](CCC)(CCC)CC[Si]1(CCC)CCC. The minimum absolute atomic E-state index is 1.12. The van der Waals surface area contributed by atoms with Crippen molar-refractivity contribution in [3.63, 3.8) is 0 Å². The summed E-state index contributed by atoms with van der Waals surface area (Å²) in [7, 11) is -2.28. The second-order valence-corrected chi connectivity index (χ2v) is 16.0. The zero-order valence-corrected chi connectivity index (χ0v) is 15.9. The van der Waals surface area contributed by atoms with Crippen LogP contribution in [0.1, 0.15) is 53.4 Å². The van der Waals surface area contributed by atoms with Gasteiger partial charge in [0.05, 0.1) is 0 Å². The van der Waals surface area contributed by atoms with Crippen LogP contribution < -0.4 is 0 Å². The Morgan fingerprint density at radius 1 is 0.737 bits per heavy atom. The highest BCUT2D eigenvalue weighted by molar-refractivity contribution is 6.97. The topological polar surface area (TPSA) is 3.24 Å². The Hall–Kier alpha value is 0.394. The lowest BCUT2D eigenvalue weighted by Gasteiger charge is -2.46. The van der Waals surface area contributed by atoms with E-state index in [9.17, 15) is 0 Å². The summed E-state index contributed by atoms with van der Waals surface area (Å²) in [6.45, 7) is 15.1. The van der Waals surface area contributed by atoms with E-state index in [0.29, 0.717) is 0 Å². The van der Waals surface area contributed by atoms with Gasteiger partial charge >= 0.3 is 0 Å². The fraction of sp³-hybridized carbons (Fsp3) is 0.938. The standard InChI is InChI=1S/C16H36NSi2/c1-6-11-18(12-7-2)15-16-19(13-8-3,14-9-4)17(18)10-5/h5-16H2,1-4H3. The van der Waals surface area contributed by atoms with Gasteiger partial charge in [-0.05, 0) is 49.7 Å². The smallest absolute Gasteiger partial charge is 0.121 e. The zero-order valence-electron chi connectivity index (χ0n) is 13.9. The van der Waals surface area contributed by atoms with E-state index in [1.165, 1.54) is 25.7 Å². The molecule has 19 heavy (non-hydrogen) atoms. The van der Waals surface area contributed by atoms with Crippen LogP contribution >= 0.6 is 0 Å². The van der Waals surface area contributed by atoms with E-state index in [1.807, 2.05) is 0 Å². The van der Waals surface area contributed by atoms with Gasteiger partial charge < -0.3 is 4.23 Å². The molecule has 1 nitrogen and oxygen atoms in total. The Morgan fingerprint density at radius 2 is 1.05 bits per heavy atom. The molecule has 0 spiro atoms. The molecule has 0 aromatic carbocycles. The molecule has 0 N–H and O–H groups in total. The Labute approximate surface area is 124 Å². The second kappa shape index (κ2) is 7.99. The number of hydrogen-bond donors (Lipinski definition) is 0. The first-order valence-corrected chi connectivity index (χ1v) is 13.9. The van der Waals surface area contributed by atoms with Crippen molar-refractivity contribution in [2.45, 2.75) is 89.6 Å². The van der Waals surface area contributed by atoms with Crippen molar-refractivity contribution in [2.75, 3.05) is 6.54 Å². The van der Waals surface area contributed by atoms with E-state index in [4.69, 9.17) is 0 Å². The van der Waals surface area contributed by atoms with E-state index >= 15 is 0 Å². The van der Waals surface area contributed by atoms with Crippen LogP contribution in [-0.2, 0) is 0 Å². The van der Waals surface area contributed by atoms with Crippen LogP contribution in [0.4, 0.5) is 0 Å². The molecule has 0 aromatic rings. The predicted octanol–water partition coefficient (Wildman–Crippen LogP) is 5.67. The predicted molar refractivity (Wildman–Crippen MR) is 93.6 cm³/mol. The monoisotopic (exact) mass is 298 g/mol. The van der Waals surface area contributed by atoms with Gasteiger partial charge in [0.1, 0.15) is 16.5 Å². The summed E-state index contributed by atoms with van der Waals surface area (Å²) < 4.78 is 3.12. The number of rotatable bonds is 9. The van der Waals surface area contributed by atoms with E-state index in [-0.39, 0.29) is 0 Å². The third-order valence-electron chi connectivity index (χ3n) is 5.29. The van der Waals surface area contributed by atoms with Gasteiger partial charge in [0, 0.05) is 0 Å². The average Bonchev–Trinajstić information content (AvgIpc) is 2.66. The summed E-state index contributed by atoms with van der Waals surface area (Å²) in [5, 5.41) is 0. The highest BCUT2D eigenvalue weighted by Gasteiger charge is 2.54. The first-order valence-electron chi connectivity index (χ1n) is 8.71. The average molecular weight is 299 g/mol. The summed E-state index contributed by atoms with van der Waals surface area (Å²) in [4.78, 5) is 0. The van der Waals surface area contributed by atoms with Crippen molar-refractivity contribution in [1.29, 1.82) is 0 Å². The van der Waals surface area contributed by atoms with E-state index in [0.717, 1.165) is 6.54 Å². The molecule has 0 atom stereocenters. The minimum Gasteiger partial charge on any atom is -0.345 e. The lowest BCUT2D eigenvalue weighted by atomic mass is 10.6. The molecule has 0 unspecified atom stereocenters. The Kier molecular flexibility index (Phi) is 7.33. The molecule has 0 saturated carbocycles. The van der Waals surface area contributed by atoms with Crippen LogP contribution in [0, 0.1) is 6.92 Å². The van der Waals surface area contributed by atoms with Crippen LogP contribution in [0.15, 0.2) is 0 Å². The molecule has 0 amide bonds. The molecule has 0 aliphatic carbocycles. The molecule has 1 aliphatic rings. The molecule has 1 radical (unpaired) electrons. The lowest BCUT2D eigenvalue weighted by Crippen LogP contribution is -2.60. The molecule has 1 rings (SSSR count). The quantitative estimate of drug-likeness (QED) is 0.496. The van der Waals surface area contributed by atoms with Gasteiger partial charge in [0.25, 0.3) is 0 Å². The molecule has 0 aromatic heterocycles. The van der Waals surface area contributed by atoms with Crippen molar-refractivity contribution in [1.82, 2.24) is 4.23 Å². The van der Waals surface area contributed by atoms with Gasteiger partial charge in [0.15, 0.2) is 0 Å². The third kappa shape index (κ3) is 3.54. The third-order valence-corrected chi connectivity index (χ3v) is 19.5. The van der Waals surface area contributed by atoms with Crippen molar-refractivity contribution >= 4 is 16.5 Å². The summed E-state index contributed by atoms with van der Waals surface area (Å²) in [6.07, 6.45) is 5.58. The Morgan fingerprint density at radius 3 is 1.26 bits per heavy atom. The van der Waals surface area contributed by atoms with Crippen molar-refractivity contribution < 1.29 is 0 Å². The maximum Gasteiger partial charge on any atom is 0.121 e. The summed E-state index contributed by atoms with van der Waals surface area (Å²) in [5.74, 6) is 0. The van der Waals surface area contributed by atoms with Crippen molar-refractivity contribution in [3.05, 3.63) is 6.92 Å². The van der Waals surface area contributed by atoms with Crippen LogP contribution in [-0.4, -0.2) is 27.2 Å². The maximum atomic E-state index is 4.38. The van der Waals surface area contributed by atoms with E-state index in [2.05, 4.69) is 38.8 Å². The Balaban J connectivity index is 3.02. The van der Waals surface area contributed by atoms with Crippen LogP contribution in [0.3, 0.4) is 0 Å². The maximum absolute atomic E-state index is 4.38. The fourth-order valence-electron chi connectivity index (χ4n) is 4.86. The first-order chi connectivity index (χ1) is 9.14. The molecule has 3 heteroatoms. The molecule has 0 bridgehead atoms. The summed E-state index contributed by atoms with van der Waals surface area (Å²) in [5.41, 5.74) is 0. The zero-order chi connectivity index (χ0) is 14.4. The normalized spacial score (nSPS) is 21.9. The van der Waals surface area contributed by atoms with Gasteiger partial charge in [-0.25, -0.2) is 0 Å². The molecule has 113 valence electrons. The van der Waals surface area contributed by atoms with Gasteiger partial charge in [-0.2, -0.15) is 0 Å². The van der Waals surface area contributed by atoms with Crippen molar-refractivity contribution in [2.24, 2.45) is 0 Å². The second-order valence-electron chi connectivity index (χ2n) is 6.60. The van der Waals surface area contributed by atoms with Crippen LogP contribution in [0.5, 0.6) is 0 Å². The number of nitrogens with zero attached hydrogens (tertiary/aromatic N) is 1. The molecule has 1 aliphatic heterocycles. The first kappa shape index (κ1) is 17.4. The summed E-state index contributed by atoms with van der Waals surface area (Å²) in [6, 6.07) is 9.38. The van der Waals surface area contributed by atoms with E-state index in [1.54, 1.807) is 36.3 Å². The van der Waals surface area contributed by atoms with Crippen LogP contribution in [0.2, 0.25) is 36.3 Å². The van der Waals surface area contributed by atoms with Gasteiger partial charge in [0.2, 0.25) is 0 Å². The summed E-state index contributed by atoms with van der Waals surface area (Å²) >= 11 is 0. The molecular formula is C16H36NSi2. The van der Waals surface area contributed by atoms with Crippen LogP contribution in [0.25, 0.3) is 0 Å². The largest absolute Gasteiger partial charge is 0.345 e. The highest BCUT2D eigenvalue weighted by atomic mass is 28.4. The van der Waals surface area contributed by atoms with Gasteiger partial charge in [-0.15, -0.1) is 0 Å². The minimum atomic E-state index is -1.14.